The molecule has 6 nitrogen and oxygen atoms in total. The molecule has 0 aliphatic carbocycles. The maximum Gasteiger partial charge on any atom is 0.0959 e. The first-order chi connectivity index (χ1) is 12.5. The molecule has 4 heterocycles. The highest BCUT2D eigenvalue weighted by atomic mass is 16.5. The molecule has 1 atom stereocenters. The van der Waals surface area contributed by atoms with Gasteiger partial charge in [-0.1, -0.05) is 0 Å². The Hall–Kier alpha value is -1.76. The summed E-state index contributed by atoms with van der Waals surface area (Å²) in [5.74, 6) is 0. The molecule has 1 spiro atoms. The van der Waals surface area contributed by atoms with E-state index in [0.29, 0.717) is 6.61 Å². The number of hydrogen-bond donors (Lipinski definition) is 0. The predicted octanol–water partition coefficient (Wildman–Crippen LogP) is 2.38. The summed E-state index contributed by atoms with van der Waals surface area (Å²) in [5, 5.41) is 4.43. The SMILES string of the molecule is Cc1cc(CN2CC3(C[C@H](OCc4cnccc4C)CCO3)C2)n(C)n1. The Labute approximate surface area is 155 Å². The number of aryl methyl sites for hydroxylation is 3. The third kappa shape index (κ3) is 3.68. The van der Waals surface area contributed by atoms with Gasteiger partial charge in [0.1, 0.15) is 0 Å². The minimum atomic E-state index is -0.0272. The van der Waals surface area contributed by atoms with E-state index in [2.05, 4.69) is 28.0 Å². The lowest BCUT2D eigenvalue weighted by molar-refractivity contribution is -0.200. The van der Waals surface area contributed by atoms with E-state index in [1.165, 1.54) is 16.8 Å². The minimum Gasteiger partial charge on any atom is -0.373 e. The van der Waals surface area contributed by atoms with Crippen LogP contribution in [0.15, 0.2) is 24.5 Å². The van der Waals surface area contributed by atoms with Gasteiger partial charge in [0.25, 0.3) is 0 Å². The number of aromatic nitrogens is 3. The highest BCUT2D eigenvalue weighted by Crippen LogP contribution is 2.36. The highest BCUT2D eigenvalue weighted by Gasteiger charge is 2.47. The van der Waals surface area contributed by atoms with Crippen molar-refractivity contribution in [3.63, 3.8) is 0 Å². The van der Waals surface area contributed by atoms with Crippen LogP contribution in [0.3, 0.4) is 0 Å². The van der Waals surface area contributed by atoms with Crippen molar-refractivity contribution in [3.8, 4) is 0 Å². The highest BCUT2D eigenvalue weighted by molar-refractivity contribution is 5.20. The lowest BCUT2D eigenvalue weighted by Crippen LogP contribution is -2.65. The first-order valence-corrected chi connectivity index (χ1v) is 9.40. The van der Waals surface area contributed by atoms with Crippen LogP contribution in [0.2, 0.25) is 0 Å². The lowest BCUT2D eigenvalue weighted by atomic mass is 9.84. The van der Waals surface area contributed by atoms with Crippen molar-refractivity contribution in [1.82, 2.24) is 19.7 Å². The predicted molar refractivity (Wildman–Crippen MR) is 98.7 cm³/mol. The first-order valence-electron chi connectivity index (χ1n) is 9.40. The molecular formula is C20H28N4O2. The molecule has 26 heavy (non-hydrogen) atoms. The topological polar surface area (TPSA) is 52.4 Å². The van der Waals surface area contributed by atoms with Crippen LogP contribution in [0.4, 0.5) is 0 Å². The van der Waals surface area contributed by atoms with Gasteiger partial charge in [-0.25, -0.2) is 0 Å². The van der Waals surface area contributed by atoms with E-state index < -0.39 is 0 Å². The van der Waals surface area contributed by atoms with E-state index in [4.69, 9.17) is 9.47 Å². The van der Waals surface area contributed by atoms with Crippen LogP contribution in [0.25, 0.3) is 0 Å². The summed E-state index contributed by atoms with van der Waals surface area (Å²) in [6, 6.07) is 4.20. The molecule has 2 aliphatic rings. The van der Waals surface area contributed by atoms with E-state index >= 15 is 0 Å². The molecule has 0 aromatic carbocycles. The fourth-order valence-corrected chi connectivity index (χ4v) is 4.12. The van der Waals surface area contributed by atoms with Gasteiger partial charge in [0.05, 0.1) is 29.7 Å². The summed E-state index contributed by atoms with van der Waals surface area (Å²) >= 11 is 0. The lowest BCUT2D eigenvalue weighted by Gasteiger charge is -2.53. The van der Waals surface area contributed by atoms with Crippen molar-refractivity contribution >= 4 is 0 Å². The Balaban J connectivity index is 1.29. The molecule has 4 rings (SSSR count). The number of nitrogens with zero attached hydrogens (tertiary/aromatic N) is 4. The number of pyridine rings is 1. The van der Waals surface area contributed by atoms with Crippen LogP contribution in [0.5, 0.6) is 0 Å². The van der Waals surface area contributed by atoms with E-state index in [0.717, 1.165) is 44.8 Å². The Bertz CT molecular complexity index is 767. The van der Waals surface area contributed by atoms with E-state index in [1.54, 1.807) is 0 Å². The quantitative estimate of drug-likeness (QED) is 0.823. The summed E-state index contributed by atoms with van der Waals surface area (Å²) in [6.45, 7) is 8.45. The number of ether oxygens (including phenoxy) is 2. The van der Waals surface area contributed by atoms with Crippen LogP contribution in [0.1, 0.15) is 35.4 Å². The van der Waals surface area contributed by atoms with Crippen molar-refractivity contribution in [1.29, 1.82) is 0 Å². The molecule has 2 aromatic rings. The Morgan fingerprint density at radius 3 is 2.92 bits per heavy atom. The molecule has 6 heteroatoms. The van der Waals surface area contributed by atoms with Gasteiger partial charge in [0.2, 0.25) is 0 Å². The molecule has 0 radical (unpaired) electrons. The zero-order chi connectivity index (χ0) is 18.1. The van der Waals surface area contributed by atoms with Crippen molar-refractivity contribution in [3.05, 3.63) is 47.0 Å². The van der Waals surface area contributed by atoms with Gasteiger partial charge >= 0.3 is 0 Å². The zero-order valence-electron chi connectivity index (χ0n) is 15.9. The summed E-state index contributed by atoms with van der Waals surface area (Å²) < 4.78 is 14.3. The van der Waals surface area contributed by atoms with E-state index in [-0.39, 0.29) is 11.7 Å². The van der Waals surface area contributed by atoms with E-state index in [1.807, 2.05) is 37.1 Å². The second kappa shape index (κ2) is 7.10. The summed E-state index contributed by atoms with van der Waals surface area (Å²) in [7, 11) is 2.01. The van der Waals surface area contributed by atoms with Gasteiger partial charge in [-0.3, -0.25) is 14.6 Å². The Kier molecular flexibility index (Phi) is 4.82. The Morgan fingerprint density at radius 2 is 2.19 bits per heavy atom. The third-order valence-electron chi connectivity index (χ3n) is 5.58. The van der Waals surface area contributed by atoms with Crippen molar-refractivity contribution in [2.75, 3.05) is 19.7 Å². The first kappa shape index (κ1) is 17.6. The summed E-state index contributed by atoms with van der Waals surface area (Å²) in [4.78, 5) is 6.64. The molecular weight excluding hydrogens is 328 g/mol. The van der Waals surface area contributed by atoms with Gasteiger partial charge < -0.3 is 9.47 Å². The molecule has 0 amide bonds. The molecule has 2 saturated heterocycles. The molecule has 0 N–H and O–H groups in total. The number of hydrogen-bond acceptors (Lipinski definition) is 5. The molecule has 2 fully saturated rings. The smallest absolute Gasteiger partial charge is 0.0959 e. The van der Waals surface area contributed by atoms with Gasteiger partial charge in [-0.15, -0.1) is 0 Å². The molecule has 140 valence electrons. The average Bonchev–Trinajstić information content (AvgIpc) is 2.90. The molecule has 2 aliphatic heterocycles. The van der Waals surface area contributed by atoms with Gasteiger partial charge in [0, 0.05) is 52.1 Å². The van der Waals surface area contributed by atoms with Gasteiger partial charge in [-0.05, 0) is 43.5 Å². The summed E-state index contributed by atoms with van der Waals surface area (Å²) in [6.07, 6.45) is 5.96. The fraction of sp³-hybridized carbons (Fsp3) is 0.600. The molecule has 2 aromatic heterocycles. The molecule has 0 unspecified atom stereocenters. The standard InChI is InChI=1S/C20H28N4O2/c1-15-4-6-21-10-17(15)12-25-19-5-7-26-20(9-19)13-24(14-20)11-18-8-16(2)22-23(18)3/h4,6,8,10,19H,5,7,9,11-14H2,1-3H3/t19-/m1/s1. The normalized spacial score (nSPS) is 22.5. The van der Waals surface area contributed by atoms with Gasteiger partial charge in [0.15, 0.2) is 0 Å². The summed E-state index contributed by atoms with van der Waals surface area (Å²) in [5.41, 5.74) is 4.72. The van der Waals surface area contributed by atoms with Crippen molar-refractivity contribution < 1.29 is 9.47 Å². The van der Waals surface area contributed by atoms with Crippen LogP contribution in [0, 0.1) is 13.8 Å². The molecule has 0 saturated carbocycles. The fourth-order valence-electron chi connectivity index (χ4n) is 4.12. The second-order valence-corrected chi connectivity index (χ2v) is 7.81. The van der Waals surface area contributed by atoms with Crippen LogP contribution in [-0.4, -0.2) is 51.1 Å². The van der Waals surface area contributed by atoms with Crippen LogP contribution >= 0.6 is 0 Å². The number of likely N-dealkylation sites (tertiary alicyclic amines) is 1. The molecule has 0 bridgehead atoms. The minimum absolute atomic E-state index is 0.0272. The maximum atomic E-state index is 6.20. The van der Waals surface area contributed by atoms with E-state index in [9.17, 15) is 0 Å². The number of rotatable bonds is 5. The van der Waals surface area contributed by atoms with Crippen molar-refractivity contribution in [2.45, 2.75) is 51.5 Å². The second-order valence-electron chi connectivity index (χ2n) is 7.81. The largest absolute Gasteiger partial charge is 0.373 e. The van der Waals surface area contributed by atoms with Crippen molar-refractivity contribution in [2.24, 2.45) is 7.05 Å². The Morgan fingerprint density at radius 1 is 1.35 bits per heavy atom. The zero-order valence-corrected chi connectivity index (χ0v) is 15.9. The van der Waals surface area contributed by atoms with Gasteiger partial charge in [-0.2, -0.15) is 5.10 Å². The monoisotopic (exact) mass is 356 g/mol. The third-order valence-corrected chi connectivity index (χ3v) is 5.58. The van der Waals surface area contributed by atoms with Crippen LogP contribution in [-0.2, 0) is 29.7 Å². The average molecular weight is 356 g/mol. The maximum absolute atomic E-state index is 6.20. The van der Waals surface area contributed by atoms with Crippen LogP contribution < -0.4 is 0 Å².